The van der Waals surface area contributed by atoms with Crippen LogP contribution >= 0.6 is 43.2 Å². The normalized spacial score (nSPS) is 10.9. The third-order valence-electron chi connectivity index (χ3n) is 2.85. The molecule has 2 aromatic heterocycles. The van der Waals surface area contributed by atoms with Crippen LogP contribution in [0.1, 0.15) is 10.4 Å². The summed E-state index contributed by atoms with van der Waals surface area (Å²) in [4.78, 5) is 17.0. The van der Waals surface area contributed by atoms with Crippen LogP contribution in [0.3, 0.4) is 0 Å². The Labute approximate surface area is 135 Å². The molecule has 20 heavy (non-hydrogen) atoms. The number of hydrogen-bond acceptors (Lipinski definition) is 3. The molecule has 3 rings (SSSR count). The summed E-state index contributed by atoms with van der Waals surface area (Å²) in [5, 5.41) is 10.0. The molecule has 1 N–H and O–H groups in total. The standard InChI is InChI=1S/C14H7Br2NO2S/c15-9-3-1-2-7-8(14(18)19)6-10(17-13(7)9)11-4-5-12(16)20-11/h1-6H,(H,18,19). The van der Waals surface area contributed by atoms with Gasteiger partial charge in [0.25, 0.3) is 0 Å². The summed E-state index contributed by atoms with van der Waals surface area (Å²) >= 11 is 8.36. The van der Waals surface area contributed by atoms with Crippen LogP contribution in [0.2, 0.25) is 0 Å². The summed E-state index contributed by atoms with van der Waals surface area (Å²) in [5.41, 5.74) is 1.58. The highest BCUT2D eigenvalue weighted by atomic mass is 79.9. The second kappa shape index (κ2) is 5.27. The number of halogens is 2. The summed E-state index contributed by atoms with van der Waals surface area (Å²) in [6.45, 7) is 0. The fourth-order valence-electron chi connectivity index (χ4n) is 1.97. The fraction of sp³-hybridized carbons (Fsp3) is 0. The maximum Gasteiger partial charge on any atom is 0.336 e. The summed E-state index contributed by atoms with van der Waals surface area (Å²) in [5.74, 6) is -0.952. The molecule has 1 aromatic carbocycles. The lowest BCUT2D eigenvalue weighted by Gasteiger charge is -2.07. The van der Waals surface area contributed by atoms with Gasteiger partial charge in [-0.1, -0.05) is 12.1 Å². The molecule has 0 bridgehead atoms. The number of carboxylic acids is 1. The zero-order chi connectivity index (χ0) is 14.3. The van der Waals surface area contributed by atoms with Gasteiger partial charge in [-0.05, 0) is 56.1 Å². The summed E-state index contributed by atoms with van der Waals surface area (Å²) in [6.07, 6.45) is 0. The summed E-state index contributed by atoms with van der Waals surface area (Å²) < 4.78 is 1.77. The van der Waals surface area contributed by atoms with Crippen molar-refractivity contribution in [3.63, 3.8) is 0 Å². The maximum absolute atomic E-state index is 11.5. The average Bonchev–Trinajstić information content (AvgIpc) is 2.85. The SMILES string of the molecule is O=C(O)c1cc(-c2ccc(Br)s2)nc2c(Br)cccc12. The van der Waals surface area contributed by atoms with E-state index in [1.54, 1.807) is 12.1 Å². The highest BCUT2D eigenvalue weighted by Gasteiger charge is 2.15. The predicted molar refractivity (Wildman–Crippen MR) is 87.4 cm³/mol. The second-order valence-electron chi connectivity index (χ2n) is 4.10. The lowest BCUT2D eigenvalue weighted by atomic mass is 10.1. The molecule has 0 fully saturated rings. The first kappa shape index (κ1) is 13.7. The number of carboxylic acid groups (broad SMARTS) is 1. The van der Waals surface area contributed by atoms with Gasteiger partial charge < -0.3 is 5.11 Å². The van der Waals surface area contributed by atoms with E-state index < -0.39 is 5.97 Å². The molecule has 0 amide bonds. The van der Waals surface area contributed by atoms with Crippen molar-refractivity contribution in [3.8, 4) is 10.6 Å². The number of aromatic carboxylic acids is 1. The number of benzene rings is 1. The predicted octanol–water partition coefficient (Wildman–Crippen LogP) is 5.19. The Balaban J connectivity index is 2.35. The molecule has 0 saturated carbocycles. The topological polar surface area (TPSA) is 50.2 Å². The van der Waals surface area contributed by atoms with Crippen LogP contribution in [0.5, 0.6) is 0 Å². The summed E-state index contributed by atoms with van der Waals surface area (Å²) in [7, 11) is 0. The molecule has 0 aliphatic heterocycles. The monoisotopic (exact) mass is 411 g/mol. The highest BCUT2D eigenvalue weighted by Crippen LogP contribution is 2.34. The Bertz CT molecular complexity index is 829. The van der Waals surface area contributed by atoms with Crippen LogP contribution in [-0.4, -0.2) is 16.1 Å². The van der Waals surface area contributed by atoms with Crippen LogP contribution in [0.25, 0.3) is 21.5 Å². The van der Waals surface area contributed by atoms with E-state index in [-0.39, 0.29) is 5.56 Å². The van der Waals surface area contributed by atoms with Gasteiger partial charge in [0.1, 0.15) is 0 Å². The molecule has 0 saturated heterocycles. The van der Waals surface area contributed by atoms with E-state index in [9.17, 15) is 9.90 Å². The van der Waals surface area contributed by atoms with Crippen LogP contribution in [0.15, 0.2) is 44.7 Å². The van der Waals surface area contributed by atoms with Crippen molar-refractivity contribution in [1.82, 2.24) is 4.98 Å². The number of para-hydroxylation sites is 1. The van der Waals surface area contributed by atoms with E-state index in [1.807, 2.05) is 24.3 Å². The Kier molecular flexibility index (Phi) is 3.62. The largest absolute Gasteiger partial charge is 0.478 e. The first-order valence-electron chi connectivity index (χ1n) is 5.64. The number of hydrogen-bond donors (Lipinski definition) is 1. The second-order valence-corrected chi connectivity index (χ2v) is 7.42. The minimum Gasteiger partial charge on any atom is -0.478 e. The molecular weight excluding hydrogens is 406 g/mol. The average molecular weight is 413 g/mol. The fourth-order valence-corrected chi connectivity index (χ4v) is 3.77. The lowest BCUT2D eigenvalue weighted by Crippen LogP contribution is -2.00. The Morgan fingerprint density at radius 3 is 2.65 bits per heavy atom. The number of rotatable bonds is 2. The Morgan fingerprint density at radius 2 is 2.00 bits per heavy atom. The highest BCUT2D eigenvalue weighted by molar-refractivity contribution is 9.11. The number of fused-ring (bicyclic) bond motifs is 1. The number of carbonyl (C=O) groups is 1. The van der Waals surface area contributed by atoms with E-state index in [4.69, 9.17) is 0 Å². The van der Waals surface area contributed by atoms with Gasteiger partial charge in [-0.3, -0.25) is 0 Å². The molecule has 100 valence electrons. The first-order chi connectivity index (χ1) is 9.56. The quantitative estimate of drug-likeness (QED) is 0.630. The van der Waals surface area contributed by atoms with E-state index in [2.05, 4.69) is 36.8 Å². The number of thiophene rings is 1. The Hall–Kier alpha value is -1.24. The van der Waals surface area contributed by atoms with Crippen molar-refractivity contribution < 1.29 is 9.90 Å². The third-order valence-corrected chi connectivity index (χ3v) is 5.13. The maximum atomic E-state index is 11.5. The van der Waals surface area contributed by atoms with Crippen molar-refractivity contribution >= 4 is 60.1 Å². The molecular formula is C14H7Br2NO2S. The molecule has 0 unspecified atom stereocenters. The molecule has 0 spiro atoms. The van der Waals surface area contributed by atoms with Gasteiger partial charge in [0.05, 0.1) is 25.4 Å². The zero-order valence-corrected chi connectivity index (χ0v) is 13.9. The van der Waals surface area contributed by atoms with Gasteiger partial charge in [0.15, 0.2) is 0 Å². The first-order valence-corrected chi connectivity index (χ1v) is 8.05. The van der Waals surface area contributed by atoms with Gasteiger partial charge in [0.2, 0.25) is 0 Å². The van der Waals surface area contributed by atoms with Gasteiger partial charge in [-0.2, -0.15) is 0 Å². The van der Waals surface area contributed by atoms with Crippen LogP contribution < -0.4 is 0 Å². The van der Waals surface area contributed by atoms with Gasteiger partial charge in [-0.25, -0.2) is 9.78 Å². The van der Waals surface area contributed by atoms with Crippen molar-refractivity contribution in [2.75, 3.05) is 0 Å². The van der Waals surface area contributed by atoms with Crippen LogP contribution in [-0.2, 0) is 0 Å². The van der Waals surface area contributed by atoms with Gasteiger partial charge in [-0.15, -0.1) is 11.3 Å². The van der Waals surface area contributed by atoms with Crippen molar-refractivity contribution in [2.24, 2.45) is 0 Å². The number of aromatic nitrogens is 1. The van der Waals surface area contributed by atoms with Gasteiger partial charge >= 0.3 is 5.97 Å². The zero-order valence-electron chi connectivity index (χ0n) is 9.93. The Morgan fingerprint density at radius 1 is 1.20 bits per heavy atom. The smallest absolute Gasteiger partial charge is 0.336 e. The minimum absolute atomic E-state index is 0.260. The van der Waals surface area contributed by atoms with Crippen LogP contribution in [0.4, 0.5) is 0 Å². The van der Waals surface area contributed by atoms with Crippen LogP contribution in [0, 0.1) is 0 Å². The summed E-state index contributed by atoms with van der Waals surface area (Å²) in [6, 6.07) is 10.9. The molecule has 6 heteroatoms. The third kappa shape index (κ3) is 2.39. The van der Waals surface area contributed by atoms with E-state index in [0.717, 1.165) is 13.1 Å². The molecule has 2 heterocycles. The molecule has 0 radical (unpaired) electrons. The molecule has 3 nitrogen and oxygen atoms in total. The molecule has 0 aliphatic carbocycles. The lowest BCUT2D eigenvalue weighted by molar-refractivity contribution is 0.0699. The van der Waals surface area contributed by atoms with Gasteiger partial charge in [0, 0.05) is 9.86 Å². The molecule has 0 atom stereocenters. The van der Waals surface area contributed by atoms with E-state index >= 15 is 0 Å². The number of pyridine rings is 1. The van der Waals surface area contributed by atoms with E-state index in [0.29, 0.717) is 16.6 Å². The minimum atomic E-state index is -0.952. The number of nitrogens with zero attached hydrogens (tertiary/aromatic N) is 1. The van der Waals surface area contributed by atoms with Crippen molar-refractivity contribution in [1.29, 1.82) is 0 Å². The van der Waals surface area contributed by atoms with Crippen molar-refractivity contribution in [3.05, 3.63) is 50.2 Å². The molecule has 3 aromatic rings. The van der Waals surface area contributed by atoms with Crippen molar-refractivity contribution in [2.45, 2.75) is 0 Å². The van der Waals surface area contributed by atoms with E-state index in [1.165, 1.54) is 11.3 Å². The molecule has 0 aliphatic rings.